The molecular formula is C23H25N7. The molecule has 1 aliphatic rings. The van der Waals surface area contributed by atoms with E-state index in [4.69, 9.17) is 4.98 Å². The molecule has 152 valence electrons. The van der Waals surface area contributed by atoms with Gasteiger partial charge >= 0.3 is 0 Å². The fourth-order valence-corrected chi connectivity index (χ4v) is 4.07. The number of aromatic amines is 1. The van der Waals surface area contributed by atoms with E-state index in [9.17, 15) is 0 Å². The number of hydrogen-bond donors (Lipinski definition) is 3. The molecule has 3 aromatic heterocycles. The fraction of sp³-hybridized carbons (Fsp3) is 0.304. The molecule has 1 aliphatic carbocycles. The molecule has 4 aromatic rings. The maximum atomic E-state index is 4.77. The summed E-state index contributed by atoms with van der Waals surface area (Å²) < 4.78 is 0. The first-order valence-corrected chi connectivity index (χ1v) is 10.5. The van der Waals surface area contributed by atoms with Crippen LogP contribution in [0, 0.1) is 6.92 Å². The smallest absolute Gasteiger partial charge is 0.231 e. The van der Waals surface area contributed by atoms with E-state index in [2.05, 4.69) is 61.8 Å². The number of fused-ring (bicyclic) bond motifs is 1. The number of hydrogen-bond acceptors (Lipinski definition) is 6. The highest BCUT2D eigenvalue weighted by Crippen LogP contribution is 2.28. The number of H-pyrrole nitrogens is 1. The lowest BCUT2D eigenvalue weighted by Crippen LogP contribution is -2.23. The molecule has 3 heterocycles. The molecule has 7 heteroatoms. The van der Waals surface area contributed by atoms with Gasteiger partial charge < -0.3 is 15.6 Å². The Hall–Kier alpha value is -3.48. The normalized spacial score (nSPS) is 14.7. The van der Waals surface area contributed by atoms with Gasteiger partial charge in [-0.1, -0.05) is 31.4 Å². The van der Waals surface area contributed by atoms with Gasteiger partial charge in [-0.3, -0.25) is 4.98 Å². The van der Waals surface area contributed by atoms with Crippen molar-refractivity contribution in [3.8, 4) is 11.1 Å². The number of benzene rings is 1. The molecule has 0 bridgehead atoms. The Morgan fingerprint density at radius 1 is 1.03 bits per heavy atom. The Labute approximate surface area is 175 Å². The minimum Gasteiger partial charge on any atom is -0.365 e. The number of nitrogens with zero attached hydrogens (tertiary/aromatic N) is 4. The molecule has 0 unspecified atom stereocenters. The van der Waals surface area contributed by atoms with Crippen LogP contribution in [0.5, 0.6) is 0 Å². The van der Waals surface area contributed by atoms with Gasteiger partial charge in [0.25, 0.3) is 0 Å². The standard InChI is InChI=1S/C23H25N7/c1-15-12-16(17-6-5-11-24-13-17)9-10-19(15)28-23-29-21-20(25-14-26-21)22(30-23)27-18-7-3-2-4-8-18/h5-6,9-14,18H,2-4,7-8H2,1H3,(H3,25,26,27,28,29,30). The summed E-state index contributed by atoms with van der Waals surface area (Å²) in [7, 11) is 0. The van der Waals surface area contributed by atoms with Crippen molar-refractivity contribution in [2.75, 3.05) is 10.6 Å². The first-order chi connectivity index (χ1) is 14.8. The van der Waals surface area contributed by atoms with Gasteiger partial charge in [0.1, 0.15) is 5.52 Å². The van der Waals surface area contributed by atoms with Gasteiger partial charge in [0.2, 0.25) is 5.95 Å². The Morgan fingerprint density at radius 2 is 1.93 bits per heavy atom. The van der Waals surface area contributed by atoms with Crippen LogP contribution in [0.25, 0.3) is 22.3 Å². The molecule has 0 radical (unpaired) electrons. The lowest BCUT2D eigenvalue weighted by atomic mass is 9.95. The van der Waals surface area contributed by atoms with Crippen molar-refractivity contribution in [3.63, 3.8) is 0 Å². The van der Waals surface area contributed by atoms with E-state index < -0.39 is 0 Å². The van der Waals surface area contributed by atoms with E-state index in [1.807, 2.05) is 12.3 Å². The maximum absolute atomic E-state index is 4.77. The first-order valence-electron chi connectivity index (χ1n) is 10.5. The summed E-state index contributed by atoms with van der Waals surface area (Å²) in [6.07, 6.45) is 11.5. The lowest BCUT2D eigenvalue weighted by Gasteiger charge is -2.23. The van der Waals surface area contributed by atoms with Crippen LogP contribution in [-0.2, 0) is 0 Å². The first kappa shape index (κ1) is 18.5. The van der Waals surface area contributed by atoms with Crippen molar-refractivity contribution < 1.29 is 0 Å². The highest BCUT2D eigenvalue weighted by atomic mass is 15.2. The molecule has 0 saturated heterocycles. The van der Waals surface area contributed by atoms with E-state index >= 15 is 0 Å². The second-order valence-electron chi connectivity index (χ2n) is 7.87. The Bertz CT molecular complexity index is 1150. The molecule has 1 saturated carbocycles. The van der Waals surface area contributed by atoms with Crippen LogP contribution >= 0.6 is 0 Å². The number of aromatic nitrogens is 5. The number of imidazole rings is 1. The Morgan fingerprint density at radius 3 is 2.73 bits per heavy atom. The molecule has 0 amide bonds. The van der Waals surface area contributed by atoms with Crippen LogP contribution in [0.15, 0.2) is 49.1 Å². The third-order valence-electron chi connectivity index (χ3n) is 5.70. The highest BCUT2D eigenvalue weighted by molar-refractivity contribution is 5.84. The zero-order chi connectivity index (χ0) is 20.3. The van der Waals surface area contributed by atoms with E-state index in [-0.39, 0.29) is 0 Å². The van der Waals surface area contributed by atoms with E-state index in [1.54, 1.807) is 12.5 Å². The summed E-state index contributed by atoms with van der Waals surface area (Å²) in [5.74, 6) is 1.36. The predicted molar refractivity (Wildman–Crippen MR) is 120 cm³/mol. The summed E-state index contributed by atoms with van der Waals surface area (Å²) in [6, 6.07) is 10.8. The molecule has 3 N–H and O–H groups in total. The largest absolute Gasteiger partial charge is 0.365 e. The van der Waals surface area contributed by atoms with Gasteiger partial charge in [-0.2, -0.15) is 9.97 Å². The third kappa shape index (κ3) is 3.83. The van der Waals surface area contributed by atoms with Gasteiger partial charge in [-0.05, 0) is 54.7 Å². The quantitative estimate of drug-likeness (QED) is 0.427. The van der Waals surface area contributed by atoms with Crippen molar-refractivity contribution in [2.24, 2.45) is 0 Å². The SMILES string of the molecule is Cc1cc(-c2cccnc2)ccc1Nc1nc(NC2CCCCC2)c2[nH]cnc2n1. The highest BCUT2D eigenvalue weighted by Gasteiger charge is 2.17. The average molecular weight is 400 g/mol. The van der Waals surface area contributed by atoms with Crippen molar-refractivity contribution in [1.82, 2.24) is 24.9 Å². The molecule has 7 nitrogen and oxygen atoms in total. The number of anilines is 3. The van der Waals surface area contributed by atoms with Gasteiger partial charge in [-0.15, -0.1) is 0 Å². The average Bonchev–Trinajstić information content (AvgIpc) is 3.26. The number of aryl methyl sites for hydroxylation is 1. The van der Waals surface area contributed by atoms with Crippen molar-refractivity contribution in [2.45, 2.75) is 45.1 Å². The maximum Gasteiger partial charge on any atom is 0.231 e. The summed E-state index contributed by atoms with van der Waals surface area (Å²) in [6.45, 7) is 2.08. The van der Waals surface area contributed by atoms with E-state index in [1.165, 1.54) is 32.1 Å². The summed E-state index contributed by atoms with van der Waals surface area (Å²) in [4.78, 5) is 21.1. The summed E-state index contributed by atoms with van der Waals surface area (Å²) in [5, 5.41) is 6.99. The predicted octanol–water partition coefficient (Wildman–Crippen LogP) is 5.21. The third-order valence-corrected chi connectivity index (χ3v) is 5.70. The van der Waals surface area contributed by atoms with Crippen LogP contribution in [0.2, 0.25) is 0 Å². The number of rotatable bonds is 5. The van der Waals surface area contributed by atoms with E-state index in [0.29, 0.717) is 17.6 Å². The summed E-state index contributed by atoms with van der Waals surface area (Å²) >= 11 is 0. The Kier molecular flexibility index (Phi) is 5.01. The van der Waals surface area contributed by atoms with E-state index in [0.717, 1.165) is 33.7 Å². The van der Waals surface area contributed by atoms with Crippen molar-refractivity contribution >= 4 is 28.6 Å². The minimum absolute atomic E-state index is 0.452. The zero-order valence-electron chi connectivity index (χ0n) is 17.0. The molecule has 5 rings (SSSR count). The van der Waals surface area contributed by atoms with Crippen LogP contribution in [0.3, 0.4) is 0 Å². The topological polar surface area (TPSA) is 91.4 Å². The van der Waals surface area contributed by atoms with Crippen LogP contribution in [0.4, 0.5) is 17.5 Å². The van der Waals surface area contributed by atoms with Gasteiger partial charge in [0, 0.05) is 24.1 Å². The van der Waals surface area contributed by atoms with Crippen LogP contribution in [0.1, 0.15) is 37.7 Å². The molecular weight excluding hydrogens is 374 g/mol. The molecule has 1 fully saturated rings. The number of pyridine rings is 1. The molecule has 1 aromatic carbocycles. The van der Waals surface area contributed by atoms with Gasteiger partial charge in [0.15, 0.2) is 11.5 Å². The van der Waals surface area contributed by atoms with Crippen molar-refractivity contribution in [1.29, 1.82) is 0 Å². The molecule has 0 aliphatic heterocycles. The lowest BCUT2D eigenvalue weighted by molar-refractivity contribution is 0.462. The zero-order valence-corrected chi connectivity index (χ0v) is 17.0. The molecule has 30 heavy (non-hydrogen) atoms. The van der Waals surface area contributed by atoms with Gasteiger partial charge in [-0.25, -0.2) is 4.98 Å². The second-order valence-corrected chi connectivity index (χ2v) is 7.87. The summed E-state index contributed by atoms with van der Waals surface area (Å²) in [5.41, 5.74) is 5.84. The van der Waals surface area contributed by atoms with Crippen LogP contribution in [-0.4, -0.2) is 31.0 Å². The number of nitrogens with one attached hydrogen (secondary N) is 3. The second kappa shape index (κ2) is 8.10. The molecule has 0 spiro atoms. The minimum atomic E-state index is 0.452. The molecule has 0 atom stereocenters. The fourth-order valence-electron chi connectivity index (χ4n) is 4.07. The van der Waals surface area contributed by atoms with Crippen molar-refractivity contribution in [3.05, 3.63) is 54.6 Å². The van der Waals surface area contributed by atoms with Gasteiger partial charge in [0.05, 0.1) is 6.33 Å². The Balaban J connectivity index is 1.42. The monoisotopic (exact) mass is 399 g/mol. The van der Waals surface area contributed by atoms with Crippen LogP contribution < -0.4 is 10.6 Å².